The third-order valence-corrected chi connectivity index (χ3v) is 6.47. The highest BCUT2D eigenvalue weighted by Gasteiger charge is 2.32. The van der Waals surface area contributed by atoms with Crippen LogP contribution < -0.4 is 0 Å². The molecule has 0 bridgehead atoms. The molecule has 6 nitrogen and oxygen atoms in total. The van der Waals surface area contributed by atoms with Crippen molar-refractivity contribution in [1.29, 1.82) is 0 Å². The van der Waals surface area contributed by atoms with E-state index in [1.165, 1.54) is 24.3 Å². The van der Waals surface area contributed by atoms with Gasteiger partial charge in [-0.15, -0.1) is 0 Å². The third kappa shape index (κ3) is 4.43. The summed E-state index contributed by atoms with van der Waals surface area (Å²) in [5.41, 5.74) is 0. The van der Waals surface area contributed by atoms with E-state index in [0.717, 1.165) is 0 Å². The first-order valence-electron chi connectivity index (χ1n) is 5.31. The van der Waals surface area contributed by atoms with Crippen LogP contribution in [0.4, 0.5) is 0 Å². The molecular weight excluding hydrogens is 404 g/mol. The Balaban J connectivity index is 2.96. The predicted octanol–water partition coefficient (Wildman–Crippen LogP) is 2.42. The van der Waals surface area contributed by atoms with Crippen LogP contribution in [-0.4, -0.2) is 34.6 Å². The van der Waals surface area contributed by atoms with Gasteiger partial charge in [0.05, 0.1) is 11.4 Å². The molecule has 1 aromatic rings. The standard InChI is InChI=1S/C10H12Br2N2O4S/c11-8-9(12)6-7-13(14(15)16)19(17,18)10-4-2-1-3-5-10/h1-5,9H,6-8H2/t9-/m0/s1. The minimum Gasteiger partial charge on any atom is -0.234 e. The Morgan fingerprint density at radius 1 is 1.32 bits per heavy atom. The lowest BCUT2D eigenvalue weighted by atomic mass is 10.3. The van der Waals surface area contributed by atoms with Crippen molar-refractivity contribution in [1.82, 2.24) is 4.41 Å². The van der Waals surface area contributed by atoms with E-state index in [4.69, 9.17) is 0 Å². The highest BCUT2D eigenvalue weighted by atomic mass is 79.9. The predicted molar refractivity (Wildman–Crippen MR) is 78.5 cm³/mol. The zero-order chi connectivity index (χ0) is 14.5. The number of hydrogen-bond donors (Lipinski definition) is 0. The van der Waals surface area contributed by atoms with E-state index in [1.54, 1.807) is 6.07 Å². The smallest absolute Gasteiger partial charge is 0.234 e. The largest absolute Gasteiger partial charge is 0.313 e. The summed E-state index contributed by atoms with van der Waals surface area (Å²) in [5, 5.41) is 10.6. The quantitative estimate of drug-likeness (QED) is 0.389. The normalized spacial score (nSPS) is 12.9. The van der Waals surface area contributed by atoms with Crippen LogP contribution in [-0.2, 0) is 10.0 Å². The Labute approximate surface area is 128 Å². The lowest BCUT2D eigenvalue weighted by Gasteiger charge is -2.15. The maximum Gasteiger partial charge on any atom is 0.313 e. The van der Waals surface area contributed by atoms with Crippen LogP contribution in [0.3, 0.4) is 0 Å². The molecule has 0 aromatic heterocycles. The van der Waals surface area contributed by atoms with Crippen LogP contribution in [0.1, 0.15) is 6.42 Å². The molecule has 1 rings (SSSR count). The van der Waals surface area contributed by atoms with Gasteiger partial charge in [-0.1, -0.05) is 50.1 Å². The molecule has 0 fully saturated rings. The summed E-state index contributed by atoms with van der Waals surface area (Å²) in [6.07, 6.45) is 0.332. The van der Waals surface area contributed by atoms with Gasteiger partial charge in [0.2, 0.25) is 0 Å². The van der Waals surface area contributed by atoms with Crippen molar-refractivity contribution >= 4 is 41.9 Å². The number of alkyl halides is 2. The number of halogens is 2. The zero-order valence-corrected chi connectivity index (χ0v) is 13.8. The first-order valence-corrected chi connectivity index (χ1v) is 8.79. The number of hydrazine groups is 1. The molecule has 0 saturated heterocycles. The molecule has 19 heavy (non-hydrogen) atoms. The summed E-state index contributed by atoms with van der Waals surface area (Å²) in [4.78, 5) is 10.8. The number of nitro groups is 1. The van der Waals surface area contributed by atoms with E-state index in [2.05, 4.69) is 31.9 Å². The average molecular weight is 416 g/mol. The van der Waals surface area contributed by atoms with E-state index in [9.17, 15) is 18.5 Å². The van der Waals surface area contributed by atoms with Crippen LogP contribution in [0.15, 0.2) is 35.2 Å². The fourth-order valence-corrected chi connectivity index (χ4v) is 3.13. The van der Waals surface area contributed by atoms with Gasteiger partial charge < -0.3 is 0 Å². The van der Waals surface area contributed by atoms with E-state index >= 15 is 0 Å². The first-order chi connectivity index (χ1) is 8.89. The van der Waals surface area contributed by atoms with Crippen molar-refractivity contribution in [2.24, 2.45) is 0 Å². The highest BCUT2D eigenvalue weighted by molar-refractivity contribution is 9.12. The van der Waals surface area contributed by atoms with Gasteiger partial charge in [-0.2, -0.15) is 8.42 Å². The average Bonchev–Trinajstić information content (AvgIpc) is 2.39. The molecule has 106 valence electrons. The second kappa shape index (κ2) is 7.20. The van der Waals surface area contributed by atoms with Crippen molar-refractivity contribution in [3.63, 3.8) is 0 Å². The molecule has 0 N–H and O–H groups in total. The van der Waals surface area contributed by atoms with E-state index in [-0.39, 0.29) is 20.7 Å². The van der Waals surface area contributed by atoms with E-state index in [1.807, 2.05) is 0 Å². The molecule has 0 amide bonds. The van der Waals surface area contributed by atoms with Gasteiger partial charge in [0, 0.05) is 10.2 Å². The van der Waals surface area contributed by atoms with Crippen molar-refractivity contribution in [2.75, 3.05) is 11.9 Å². The number of sulfonamides is 1. The molecule has 0 radical (unpaired) electrons. The van der Waals surface area contributed by atoms with Crippen LogP contribution >= 0.6 is 31.9 Å². The van der Waals surface area contributed by atoms with Crippen molar-refractivity contribution < 1.29 is 13.5 Å². The summed E-state index contributed by atoms with van der Waals surface area (Å²) in [6.45, 7) is -0.189. The van der Waals surface area contributed by atoms with E-state index < -0.39 is 15.1 Å². The Hall–Kier alpha value is -0.670. The molecule has 0 spiro atoms. The maximum atomic E-state index is 12.1. The van der Waals surface area contributed by atoms with Crippen molar-refractivity contribution in [3.8, 4) is 0 Å². The summed E-state index contributed by atoms with van der Waals surface area (Å²) in [7, 11) is -4.11. The Morgan fingerprint density at radius 2 is 1.89 bits per heavy atom. The topological polar surface area (TPSA) is 80.5 Å². The van der Waals surface area contributed by atoms with Gasteiger partial charge >= 0.3 is 10.0 Å². The molecule has 1 atom stereocenters. The van der Waals surface area contributed by atoms with Crippen LogP contribution in [0.5, 0.6) is 0 Å². The molecule has 0 aliphatic rings. The fourth-order valence-electron chi connectivity index (χ4n) is 1.33. The van der Waals surface area contributed by atoms with E-state index in [0.29, 0.717) is 11.8 Å². The molecular formula is C10H12Br2N2O4S. The summed E-state index contributed by atoms with van der Waals surface area (Å²) in [6, 6.07) is 7.37. The minimum atomic E-state index is -4.11. The second-order valence-corrected chi connectivity index (χ2v) is 7.43. The number of hydrogen-bond acceptors (Lipinski definition) is 4. The molecule has 0 saturated carbocycles. The lowest BCUT2D eigenvalue weighted by Crippen LogP contribution is -2.37. The number of rotatable bonds is 7. The van der Waals surface area contributed by atoms with Gasteiger partial charge in [0.1, 0.15) is 0 Å². The van der Waals surface area contributed by atoms with Crippen LogP contribution in [0.2, 0.25) is 0 Å². The molecule has 0 heterocycles. The van der Waals surface area contributed by atoms with Gasteiger partial charge in [0.25, 0.3) is 0 Å². The molecule has 1 aromatic carbocycles. The van der Waals surface area contributed by atoms with Crippen LogP contribution in [0.25, 0.3) is 0 Å². The van der Waals surface area contributed by atoms with Crippen molar-refractivity contribution in [2.45, 2.75) is 16.1 Å². The maximum absolute atomic E-state index is 12.1. The van der Waals surface area contributed by atoms with Gasteiger partial charge in [-0.05, 0) is 23.0 Å². The summed E-state index contributed by atoms with van der Waals surface area (Å²) in [5.74, 6) is 0. The first kappa shape index (κ1) is 16.4. The molecule has 0 unspecified atom stereocenters. The monoisotopic (exact) mass is 414 g/mol. The highest BCUT2D eigenvalue weighted by Crippen LogP contribution is 2.17. The molecule has 9 heteroatoms. The summed E-state index contributed by atoms with van der Waals surface area (Å²) < 4.78 is 24.5. The number of nitrogens with zero attached hydrogens (tertiary/aromatic N) is 2. The number of benzene rings is 1. The fraction of sp³-hybridized carbons (Fsp3) is 0.400. The Morgan fingerprint density at radius 3 is 2.37 bits per heavy atom. The lowest BCUT2D eigenvalue weighted by molar-refractivity contribution is -0.620. The Kier molecular flexibility index (Phi) is 6.21. The second-order valence-electron chi connectivity index (χ2n) is 3.64. The minimum absolute atomic E-state index is 0.0269. The van der Waals surface area contributed by atoms with Gasteiger partial charge in [-0.25, -0.2) is 10.1 Å². The SMILES string of the molecule is O=[N+]([O-])N(CC[C@H](Br)CBr)S(=O)(=O)c1ccccc1. The Bertz CT molecular complexity index is 524. The molecule has 0 aliphatic carbocycles. The summed E-state index contributed by atoms with van der Waals surface area (Å²) >= 11 is 6.50. The third-order valence-electron chi connectivity index (χ3n) is 2.30. The molecule has 0 aliphatic heterocycles. The van der Waals surface area contributed by atoms with Crippen molar-refractivity contribution in [3.05, 3.63) is 40.4 Å². The van der Waals surface area contributed by atoms with Gasteiger partial charge in [0.15, 0.2) is 5.03 Å². The van der Waals surface area contributed by atoms with Crippen LogP contribution in [0, 0.1) is 10.1 Å². The van der Waals surface area contributed by atoms with Gasteiger partial charge in [-0.3, -0.25) is 0 Å². The zero-order valence-electron chi connectivity index (χ0n) is 9.78.